The first-order chi connectivity index (χ1) is 14.5. The lowest BCUT2D eigenvalue weighted by Crippen LogP contribution is -2.45. The van der Waals surface area contributed by atoms with Gasteiger partial charge in [0.05, 0.1) is 0 Å². The van der Waals surface area contributed by atoms with Gasteiger partial charge in [-0.15, -0.1) is 0 Å². The molecule has 0 bridgehead atoms. The van der Waals surface area contributed by atoms with Crippen LogP contribution in [0, 0.1) is 0 Å². The highest BCUT2D eigenvalue weighted by Crippen LogP contribution is 2.28. The maximum Gasteiger partial charge on any atom is 0.326 e. The van der Waals surface area contributed by atoms with Crippen LogP contribution in [0.15, 0.2) is 60.7 Å². The van der Waals surface area contributed by atoms with Crippen LogP contribution in [0.1, 0.15) is 33.6 Å². The molecule has 1 N–H and O–H groups in total. The Bertz CT molecular complexity index is 920. The first-order valence-corrected chi connectivity index (χ1v) is 11.4. The summed E-state index contributed by atoms with van der Waals surface area (Å²) in [5.41, 5.74) is 0.966. The van der Waals surface area contributed by atoms with E-state index in [-0.39, 0.29) is 16.0 Å². The third-order valence-electron chi connectivity index (χ3n) is 4.73. The summed E-state index contributed by atoms with van der Waals surface area (Å²) in [6, 6.07) is 16.4. The Kier molecular flexibility index (Phi) is 7.70. The summed E-state index contributed by atoms with van der Waals surface area (Å²) in [5.74, 6) is -1.38. The van der Waals surface area contributed by atoms with E-state index in [2.05, 4.69) is 0 Å². The number of thioether (sulfide) groups is 2. The average molecular weight is 444 g/mol. The SMILES string of the molecule is O=C(SCC(SC(=O)c1ccccc1)C(=O)N1CCCC1C(=O)O)c1ccccc1. The molecule has 2 aromatic rings. The molecule has 1 amide bonds. The summed E-state index contributed by atoms with van der Waals surface area (Å²) in [6.45, 7) is 0.337. The Morgan fingerprint density at radius 2 is 1.50 bits per heavy atom. The van der Waals surface area contributed by atoms with Gasteiger partial charge in [0, 0.05) is 23.4 Å². The minimum atomic E-state index is -1.05. The standard InChI is InChI=1S/C22H21NO5S2/c24-19(23-13-7-12-17(23)20(25)26)18(30-22(28)16-10-5-2-6-11-16)14-29-21(27)15-8-3-1-4-9-15/h1-6,8-11,17-18H,7,12-14H2,(H,25,26). The summed E-state index contributed by atoms with van der Waals surface area (Å²) in [4.78, 5) is 51.1. The molecule has 1 fully saturated rings. The number of rotatable bonds is 7. The fraction of sp³-hybridized carbons (Fsp3) is 0.273. The molecule has 2 unspecified atom stereocenters. The molecule has 0 radical (unpaired) electrons. The van der Waals surface area contributed by atoms with Crippen LogP contribution in [0.25, 0.3) is 0 Å². The van der Waals surface area contributed by atoms with Gasteiger partial charge in [0.2, 0.25) is 16.1 Å². The largest absolute Gasteiger partial charge is 0.480 e. The van der Waals surface area contributed by atoms with Gasteiger partial charge in [0.1, 0.15) is 11.3 Å². The molecule has 0 aliphatic carbocycles. The van der Waals surface area contributed by atoms with Gasteiger partial charge in [-0.25, -0.2) is 4.79 Å². The summed E-state index contributed by atoms with van der Waals surface area (Å²) in [5, 5.41) is 8.08. The fourth-order valence-corrected chi connectivity index (χ4v) is 5.20. The number of carboxylic acids is 1. The Labute approximate surface area is 183 Å². The highest BCUT2D eigenvalue weighted by molar-refractivity contribution is 8.18. The molecule has 3 rings (SSSR count). The van der Waals surface area contributed by atoms with E-state index in [1.807, 2.05) is 6.07 Å². The zero-order chi connectivity index (χ0) is 21.5. The second-order valence-corrected chi connectivity index (χ2v) is 8.92. The molecule has 1 aliphatic rings. The van der Waals surface area contributed by atoms with Crippen LogP contribution in [0.4, 0.5) is 0 Å². The second kappa shape index (κ2) is 10.4. The van der Waals surface area contributed by atoms with Crippen molar-refractivity contribution in [2.24, 2.45) is 0 Å². The Balaban J connectivity index is 1.75. The van der Waals surface area contributed by atoms with Crippen molar-refractivity contribution in [2.75, 3.05) is 12.3 Å². The molecule has 0 aromatic heterocycles. The highest BCUT2D eigenvalue weighted by Gasteiger charge is 2.38. The predicted molar refractivity (Wildman–Crippen MR) is 118 cm³/mol. The average Bonchev–Trinajstić information content (AvgIpc) is 3.27. The Hall–Kier alpha value is -2.58. The smallest absolute Gasteiger partial charge is 0.326 e. The van der Waals surface area contributed by atoms with Crippen LogP contribution >= 0.6 is 23.5 Å². The number of hydrogen-bond donors (Lipinski definition) is 1. The maximum absolute atomic E-state index is 13.1. The monoisotopic (exact) mass is 443 g/mol. The van der Waals surface area contributed by atoms with Crippen molar-refractivity contribution in [1.82, 2.24) is 4.90 Å². The van der Waals surface area contributed by atoms with Crippen LogP contribution in [0.3, 0.4) is 0 Å². The summed E-state index contributed by atoms with van der Waals surface area (Å²) in [6.07, 6.45) is 0.990. The molecule has 1 saturated heterocycles. The topological polar surface area (TPSA) is 91.8 Å². The van der Waals surface area contributed by atoms with Crippen LogP contribution in [0.5, 0.6) is 0 Å². The number of hydrogen-bond acceptors (Lipinski definition) is 6. The van der Waals surface area contributed by atoms with Crippen LogP contribution < -0.4 is 0 Å². The van der Waals surface area contributed by atoms with Crippen molar-refractivity contribution in [3.63, 3.8) is 0 Å². The van der Waals surface area contributed by atoms with Gasteiger partial charge in [0.25, 0.3) is 0 Å². The summed E-state index contributed by atoms with van der Waals surface area (Å²) in [7, 11) is 0. The molecule has 156 valence electrons. The number of carbonyl (C=O) groups excluding carboxylic acids is 3. The molecule has 30 heavy (non-hydrogen) atoms. The lowest BCUT2D eigenvalue weighted by atomic mass is 10.2. The summed E-state index contributed by atoms with van der Waals surface area (Å²) >= 11 is 1.81. The molecule has 6 nitrogen and oxygen atoms in total. The van der Waals surface area contributed by atoms with E-state index in [1.54, 1.807) is 54.6 Å². The molecule has 0 saturated carbocycles. The minimum Gasteiger partial charge on any atom is -0.480 e. The molecule has 1 aliphatic heterocycles. The van der Waals surface area contributed by atoms with E-state index in [4.69, 9.17) is 0 Å². The van der Waals surface area contributed by atoms with Crippen molar-refractivity contribution in [2.45, 2.75) is 24.1 Å². The first-order valence-electron chi connectivity index (χ1n) is 9.49. The van der Waals surface area contributed by atoms with E-state index in [9.17, 15) is 24.3 Å². The molecule has 8 heteroatoms. The third-order valence-corrected chi connectivity index (χ3v) is 7.04. The van der Waals surface area contributed by atoms with E-state index in [1.165, 1.54) is 4.90 Å². The van der Waals surface area contributed by atoms with E-state index >= 15 is 0 Å². The van der Waals surface area contributed by atoms with Gasteiger partial charge in [-0.05, 0) is 12.8 Å². The number of amides is 1. The van der Waals surface area contributed by atoms with Crippen LogP contribution in [-0.4, -0.2) is 55.7 Å². The maximum atomic E-state index is 13.1. The van der Waals surface area contributed by atoms with E-state index in [0.29, 0.717) is 30.5 Å². The molecule has 2 atom stereocenters. The normalized spacial score (nSPS) is 16.8. The lowest BCUT2D eigenvalue weighted by Gasteiger charge is -2.26. The predicted octanol–water partition coefficient (Wildman–Crippen LogP) is 3.58. The lowest BCUT2D eigenvalue weighted by molar-refractivity contribution is -0.147. The quantitative estimate of drug-likeness (QED) is 0.699. The zero-order valence-electron chi connectivity index (χ0n) is 16.1. The number of benzene rings is 2. The van der Waals surface area contributed by atoms with Crippen molar-refractivity contribution >= 4 is 45.6 Å². The van der Waals surface area contributed by atoms with Gasteiger partial charge in [-0.1, -0.05) is 84.2 Å². The van der Waals surface area contributed by atoms with E-state index < -0.39 is 23.2 Å². The van der Waals surface area contributed by atoms with Gasteiger partial charge in [-0.2, -0.15) is 0 Å². The van der Waals surface area contributed by atoms with Gasteiger partial charge in [-0.3, -0.25) is 14.4 Å². The molecular weight excluding hydrogens is 422 g/mol. The third kappa shape index (κ3) is 5.52. The van der Waals surface area contributed by atoms with Crippen LogP contribution in [-0.2, 0) is 9.59 Å². The van der Waals surface area contributed by atoms with Crippen molar-refractivity contribution in [1.29, 1.82) is 0 Å². The van der Waals surface area contributed by atoms with Crippen molar-refractivity contribution in [3.05, 3.63) is 71.8 Å². The number of likely N-dealkylation sites (tertiary alicyclic amines) is 1. The van der Waals surface area contributed by atoms with Gasteiger partial charge >= 0.3 is 5.97 Å². The van der Waals surface area contributed by atoms with Crippen molar-refractivity contribution in [3.8, 4) is 0 Å². The zero-order valence-corrected chi connectivity index (χ0v) is 17.7. The number of nitrogens with zero attached hydrogens (tertiary/aromatic N) is 1. The Morgan fingerprint density at radius 1 is 0.933 bits per heavy atom. The summed E-state index contributed by atoms with van der Waals surface area (Å²) < 4.78 is 0. The van der Waals surface area contributed by atoms with Crippen LogP contribution in [0.2, 0.25) is 0 Å². The molecular formula is C22H21NO5S2. The first kappa shape index (κ1) is 22.1. The molecule has 0 spiro atoms. The minimum absolute atomic E-state index is 0.0820. The van der Waals surface area contributed by atoms with Gasteiger partial charge in [0.15, 0.2) is 0 Å². The molecule has 2 aromatic carbocycles. The van der Waals surface area contributed by atoms with Gasteiger partial charge < -0.3 is 10.0 Å². The number of carboxylic acid groups (broad SMARTS) is 1. The Morgan fingerprint density at radius 3 is 2.07 bits per heavy atom. The van der Waals surface area contributed by atoms with E-state index in [0.717, 1.165) is 23.5 Å². The second-order valence-electron chi connectivity index (χ2n) is 6.75. The molecule has 1 heterocycles. The fourth-order valence-electron chi connectivity index (χ4n) is 3.21. The highest BCUT2D eigenvalue weighted by atomic mass is 32.2. The number of carbonyl (C=O) groups is 4. The number of aliphatic carboxylic acids is 1. The van der Waals surface area contributed by atoms with Crippen molar-refractivity contribution < 1.29 is 24.3 Å².